The maximum Gasteiger partial charge on any atom is 0.416 e. The van der Waals surface area contributed by atoms with Gasteiger partial charge in [-0.2, -0.15) is 13.2 Å². The number of nitrogens with two attached hydrogens (primary N) is 1. The van der Waals surface area contributed by atoms with Crippen molar-refractivity contribution in [2.45, 2.75) is 19.5 Å². The lowest BCUT2D eigenvalue weighted by Gasteiger charge is -2.23. The molecule has 0 fully saturated rings. The number of ether oxygens (including phenoxy) is 1. The highest BCUT2D eigenvalue weighted by atomic mass is 19.4. The van der Waals surface area contributed by atoms with Crippen molar-refractivity contribution in [1.29, 1.82) is 0 Å². The number of hydrogen-bond donors (Lipinski definition) is 4. The molecule has 1 aromatic heterocycles. The Morgan fingerprint density at radius 1 is 0.942 bits per heavy atom. The zero-order valence-electron chi connectivity index (χ0n) is 28.4. The van der Waals surface area contributed by atoms with Gasteiger partial charge in [0, 0.05) is 47.7 Å². The monoisotopic (exact) mass is 727 g/mol. The summed E-state index contributed by atoms with van der Waals surface area (Å²) >= 11 is 0. The Kier molecular flexibility index (Phi) is 14.2. The number of nitrogens with one attached hydrogen (secondary N) is 2. The van der Waals surface area contributed by atoms with Gasteiger partial charge in [-0.05, 0) is 68.5 Å². The minimum Gasteiger partial charge on any atom is -0.493 e. The fraction of sp³-hybridized carbons (Fsp3) is 0.250. The zero-order valence-corrected chi connectivity index (χ0v) is 28.4. The first kappa shape index (κ1) is 40.4. The molecule has 4 aromatic rings. The number of hydrogen-bond acceptors (Lipinski definition) is 7. The lowest BCUT2D eigenvalue weighted by molar-refractivity contribution is -0.138. The predicted octanol–water partition coefficient (Wildman–Crippen LogP) is 4.65. The van der Waals surface area contributed by atoms with Gasteiger partial charge in [-0.1, -0.05) is 30.3 Å². The molecule has 3 aromatic carbocycles. The zero-order chi connectivity index (χ0) is 38.6. The van der Waals surface area contributed by atoms with Crippen LogP contribution in [0.15, 0.2) is 83.8 Å². The number of primary amides is 1. The van der Waals surface area contributed by atoms with Gasteiger partial charge in [0.1, 0.15) is 18.1 Å². The van der Waals surface area contributed by atoms with E-state index in [-0.39, 0.29) is 42.6 Å². The van der Waals surface area contributed by atoms with E-state index in [9.17, 15) is 42.3 Å². The summed E-state index contributed by atoms with van der Waals surface area (Å²) in [6.45, 7) is 1.41. The molecule has 0 atom stereocenters. The number of aliphatic carboxylic acids is 1. The number of carbonyl (C=O) groups excluding carboxylic acids is 3. The van der Waals surface area contributed by atoms with Gasteiger partial charge in [-0.15, -0.1) is 0 Å². The fourth-order valence-electron chi connectivity index (χ4n) is 4.70. The maximum absolute atomic E-state index is 15.0. The van der Waals surface area contributed by atoms with Crippen LogP contribution in [-0.2, 0) is 22.2 Å². The van der Waals surface area contributed by atoms with Gasteiger partial charge in [-0.3, -0.25) is 24.0 Å². The third-order valence-corrected chi connectivity index (χ3v) is 7.18. The molecule has 0 bridgehead atoms. The Morgan fingerprint density at radius 2 is 1.63 bits per heavy atom. The summed E-state index contributed by atoms with van der Waals surface area (Å²) in [5.74, 6) is -4.12. The van der Waals surface area contributed by atoms with Gasteiger partial charge in [-0.25, -0.2) is 4.39 Å². The number of pyridine rings is 1. The minimum absolute atomic E-state index is 0.0665. The van der Waals surface area contributed by atoms with Crippen LogP contribution in [0.25, 0.3) is 11.1 Å². The lowest BCUT2D eigenvalue weighted by atomic mass is 10.0. The van der Waals surface area contributed by atoms with Crippen LogP contribution in [0, 0.1) is 5.82 Å². The SMILES string of the molecule is CCOc1cc(=O)[nH]cc1-c1ccc(CC(=O)Nc2cc(C(=O)N(CCN(C)C)CC(=O)O)cc(C(F)(F)F)c2)c(F)c1.NC(=O)c1ccccc1. The number of likely N-dealkylation sites (N-methyl/N-ethyl adjacent to an activating group) is 1. The van der Waals surface area contributed by atoms with Gasteiger partial charge in [0.2, 0.25) is 11.8 Å². The topological polar surface area (TPSA) is 175 Å². The van der Waals surface area contributed by atoms with Gasteiger partial charge in [0.25, 0.3) is 11.5 Å². The molecule has 12 nitrogen and oxygen atoms in total. The van der Waals surface area contributed by atoms with E-state index in [4.69, 9.17) is 10.5 Å². The second-order valence-corrected chi connectivity index (χ2v) is 11.5. The van der Waals surface area contributed by atoms with Crippen molar-refractivity contribution in [2.75, 3.05) is 45.7 Å². The number of alkyl halides is 3. The largest absolute Gasteiger partial charge is 0.493 e. The summed E-state index contributed by atoms with van der Waals surface area (Å²) in [7, 11) is 3.36. The van der Waals surface area contributed by atoms with Crippen LogP contribution in [0.5, 0.6) is 5.75 Å². The van der Waals surface area contributed by atoms with Crippen LogP contribution >= 0.6 is 0 Å². The fourth-order valence-corrected chi connectivity index (χ4v) is 4.70. The molecule has 0 saturated carbocycles. The van der Waals surface area contributed by atoms with Crippen LogP contribution in [0.2, 0.25) is 0 Å². The second kappa shape index (κ2) is 18.3. The Bertz CT molecular complexity index is 1950. The smallest absolute Gasteiger partial charge is 0.416 e. The van der Waals surface area contributed by atoms with Crippen LogP contribution in [0.4, 0.5) is 23.2 Å². The highest BCUT2D eigenvalue weighted by Gasteiger charge is 2.33. The molecule has 0 aliphatic carbocycles. The Balaban J connectivity index is 0.000000703. The van der Waals surface area contributed by atoms with Gasteiger partial charge in [0.15, 0.2) is 0 Å². The quantitative estimate of drug-likeness (QED) is 0.144. The molecular formula is C36H37F4N5O7. The van der Waals surface area contributed by atoms with Crippen molar-refractivity contribution in [3.8, 4) is 16.9 Å². The summed E-state index contributed by atoms with van der Waals surface area (Å²) in [5.41, 5.74) is 3.71. The van der Waals surface area contributed by atoms with Crippen molar-refractivity contribution in [3.05, 3.63) is 117 Å². The van der Waals surface area contributed by atoms with Crippen molar-refractivity contribution in [3.63, 3.8) is 0 Å². The molecule has 0 unspecified atom stereocenters. The Morgan fingerprint density at radius 3 is 2.19 bits per heavy atom. The van der Waals surface area contributed by atoms with Crippen LogP contribution in [0.1, 0.15) is 38.8 Å². The molecule has 0 radical (unpaired) electrons. The Labute approximate surface area is 295 Å². The molecule has 4 rings (SSSR count). The van der Waals surface area contributed by atoms with E-state index < -0.39 is 59.4 Å². The van der Waals surface area contributed by atoms with Crippen LogP contribution in [-0.4, -0.2) is 83.9 Å². The van der Waals surface area contributed by atoms with E-state index in [1.807, 2.05) is 6.07 Å². The Hall–Kier alpha value is -6.03. The molecule has 0 saturated heterocycles. The summed E-state index contributed by atoms with van der Waals surface area (Å²) < 4.78 is 61.5. The predicted molar refractivity (Wildman–Crippen MR) is 184 cm³/mol. The number of H-pyrrole nitrogens is 1. The van der Waals surface area contributed by atoms with E-state index in [1.165, 1.54) is 24.4 Å². The average molecular weight is 728 g/mol. The number of aromatic amines is 1. The molecule has 3 amide bonds. The lowest BCUT2D eigenvalue weighted by Crippen LogP contribution is -2.40. The number of nitrogens with zero attached hydrogens (tertiary/aromatic N) is 2. The first-order chi connectivity index (χ1) is 24.5. The highest BCUT2D eigenvalue weighted by molar-refractivity contribution is 5.99. The molecule has 5 N–H and O–H groups in total. The van der Waals surface area contributed by atoms with E-state index in [2.05, 4.69) is 10.3 Å². The van der Waals surface area contributed by atoms with Crippen molar-refractivity contribution in [2.24, 2.45) is 5.73 Å². The molecule has 1 heterocycles. The third-order valence-electron chi connectivity index (χ3n) is 7.18. The number of carboxylic acids is 1. The first-order valence-corrected chi connectivity index (χ1v) is 15.7. The molecule has 276 valence electrons. The van der Waals surface area contributed by atoms with Crippen molar-refractivity contribution >= 4 is 29.4 Å². The van der Waals surface area contributed by atoms with E-state index in [0.717, 1.165) is 17.0 Å². The number of carbonyl (C=O) groups is 4. The van der Waals surface area contributed by atoms with Gasteiger partial charge in [0.05, 0.1) is 18.6 Å². The van der Waals surface area contributed by atoms with E-state index in [0.29, 0.717) is 28.8 Å². The van der Waals surface area contributed by atoms with Crippen molar-refractivity contribution < 1.29 is 46.6 Å². The van der Waals surface area contributed by atoms with Crippen molar-refractivity contribution in [1.82, 2.24) is 14.8 Å². The van der Waals surface area contributed by atoms with Gasteiger partial charge >= 0.3 is 12.1 Å². The average Bonchev–Trinajstić information content (AvgIpc) is 3.07. The minimum atomic E-state index is -4.89. The number of rotatable bonds is 13. The molecule has 0 aliphatic rings. The molecule has 0 spiro atoms. The number of aromatic nitrogens is 1. The molecule has 16 heteroatoms. The number of benzene rings is 3. The summed E-state index contributed by atoms with van der Waals surface area (Å²) in [4.78, 5) is 64.2. The number of anilines is 1. The molecule has 52 heavy (non-hydrogen) atoms. The number of halogens is 4. The maximum atomic E-state index is 15.0. The first-order valence-electron chi connectivity index (χ1n) is 15.7. The second-order valence-electron chi connectivity index (χ2n) is 11.5. The standard InChI is InChI=1S/C29H30F4N4O6.C7H7NO/c1-4-43-24-14-25(38)34-15-22(24)17-5-6-18(23(30)11-17)12-26(39)35-21-10-19(9-20(13-21)29(31,32)33)28(42)37(16-27(40)41)8-7-36(2)3;8-7(9)6-4-2-1-3-5-6/h5-6,9-11,13-15H,4,7-8,12,16H2,1-3H3,(H,34,38)(H,35,39)(H,40,41);1-5H,(H2,8,9). The highest BCUT2D eigenvalue weighted by Crippen LogP contribution is 2.33. The summed E-state index contributed by atoms with van der Waals surface area (Å²) in [6.07, 6.45) is -4.08. The van der Waals surface area contributed by atoms with Gasteiger partial charge < -0.3 is 35.7 Å². The van der Waals surface area contributed by atoms with Crippen LogP contribution in [0.3, 0.4) is 0 Å². The number of carboxylic acid groups (broad SMARTS) is 1. The number of amides is 3. The summed E-state index contributed by atoms with van der Waals surface area (Å²) in [6, 6.07) is 16.1. The van der Waals surface area contributed by atoms with E-state index >= 15 is 4.39 Å². The summed E-state index contributed by atoms with van der Waals surface area (Å²) in [5, 5.41) is 11.5. The van der Waals surface area contributed by atoms with E-state index in [1.54, 1.807) is 50.2 Å². The molecule has 0 aliphatic heterocycles. The molecular weight excluding hydrogens is 690 g/mol. The third kappa shape index (κ3) is 12.1. The normalized spacial score (nSPS) is 10.9. The van der Waals surface area contributed by atoms with Crippen LogP contribution < -0.4 is 21.3 Å².